The molecule has 1 aromatic carbocycles. The second-order valence-electron chi connectivity index (χ2n) is 7.86. The van der Waals surface area contributed by atoms with Gasteiger partial charge >= 0.3 is 0 Å². The van der Waals surface area contributed by atoms with Gasteiger partial charge in [0.25, 0.3) is 5.91 Å². The van der Waals surface area contributed by atoms with Gasteiger partial charge < -0.3 is 10.6 Å². The Balaban J connectivity index is 1.36. The Morgan fingerprint density at radius 2 is 1.74 bits per heavy atom. The zero-order valence-corrected chi connectivity index (χ0v) is 13.2. The number of carbonyl (C=O) groups is 1. The van der Waals surface area contributed by atoms with Gasteiger partial charge in [-0.1, -0.05) is 0 Å². The lowest BCUT2D eigenvalue weighted by atomic mass is 9.53. The van der Waals surface area contributed by atoms with Crippen LogP contribution in [0.5, 0.6) is 0 Å². The van der Waals surface area contributed by atoms with Crippen LogP contribution in [0.3, 0.4) is 0 Å². The Labute approximate surface area is 134 Å². The van der Waals surface area contributed by atoms with Gasteiger partial charge in [-0.05, 0) is 49.1 Å². The number of hydrogen-bond donors (Lipinski definition) is 2. The van der Waals surface area contributed by atoms with Crippen LogP contribution < -0.4 is 10.6 Å². The lowest BCUT2D eigenvalue weighted by Crippen LogP contribution is -3.00. The van der Waals surface area contributed by atoms with Crippen LogP contribution in [0.1, 0.15) is 38.5 Å². The lowest BCUT2D eigenvalue weighted by molar-refractivity contribution is -0.729. The molecule has 124 valence electrons. The number of benzene rings is 1. The highest BCUT2D eigenvalue weighted by atomic mass is 19.1. The largest absolute Gasteiger partial charge is 0.334 e. The van der Waals surface area contributed by atoms with Crippen molar-refractivity contribution in [1.82, 2.24) is 0 Å². The first-order valence-electron chi connectivity index (χ1n) is 8.61. The van der Waals surface area contributed by atoms with Crippen molar-refractivity contribution in [1.29, 1.82) is 0 Å². The van der Waals surface area contributed by atoms with Gasteiger partial charge in [-0.3, -0.25) is 4.79 Å². The van der Waals surface area contributed by atoms with Crippen molar-refractivity contribution in [2.24, 2.45) is 17.8 Å². The molecule has 0 saturated heterocycles. The molecule has 4 aliphatic carbocycles. The molecule has 4 aliphatic rings. The minimum absolute atomic E-state index is 0.0512. The summed E-state index contributed by atoms with van der Waals surface area (Å²) in [7, 11) is 0. The number of amides is 1. The summed E-state index contributed by atoms with van der Waals surface area (Å²) >= 11 is 0. The minimum Gasteiger partial charge on any atom is -0.334 e. The molecule has 0 radical (unpaired) electrons. The van der Waals surface area contributed by atoms with Crippen molar-refractivity contribution in [3.63, 3.8) is 0 Å². The number of halogens is 2. The van der Waals surface area contributed by atoms with Crippen molar-refractivity contribution in [2.75, 3.05) is 11.9 Å². The molecule has 1 aromatic rings. The maximum absolute atomic E-state index is 13.6. The van der Waals surface area contributed by atoms with Crippen molar-refractivity contribution in [2.45, 2.75) is 44.1 Å². The topological polar surface area (TPSA) is 45.7 Å². The standard InChI is InChI=1S/C18H22F2N2O/c19-14-1-2-16(15(20)6-14)22-17(23)10-21-18-7-11-3-12(8-18)5-13(4-11)9-18/h1-2,6,11-13,21H,3-5,7-10H2,(H,22,23)/p+1. The molecule has 0 unspecified atom stereocenters. The van der Waals surface area contributed by atoms with E-state index in [2.05, 4.69) is 10.6 Å². The SMILES string of the molecule is O=C(C[NH2+]C12CC3CC(CC(C3)C1)C2)Nc1ccc(F)cc1F. The normalized spacial score (nSPS) is 34.6. The first-order valence-corrected chi connectivity index (χ1v) is 8.61. The van der Waals surface area contributed by atoms with Gasteiger partial charge in [0.1, 0.15) is 11.6 Å². The van der Waals surface area contributed by atoms with Crippen LogP contribution in [-0.2, 0) is 4.79 Å². The molecule has 4 fully saturated rings. The van der Waals surface area contributed by atoms with Crippen molar-refractivity contribution < 1.29 is 18.9 Å². The van der Waals surface area contributed by atoms with E-state index in [0.717, 1.165) is 29.9 Å². The number of carbonyl (C=O) groups excluding carboxylic acids is 1. The van der Waals surface area contributed by atoms with Gasteiger partial charge in [0.15, 0.2) is 6.54 Å². The molecule has 4 bridgehead atoms. The minimum atomic E-state index is -0.729. The summed E-state index contributed by atoms with van der Waals surface area (Å²) in [5.41, 5.74) is 0.281. The van der Waals surface area contributed by atoms with Crippen LogP contribution in [0, 0.1) is 29.4 Å². The van der Waals surface area contributed by atoms with Gasteiger partial charge in [-0.25, -0.2) is 8.78 Å². The molecule has 0 aliphatic heterocycles. The third-order valence-electron chi connectivity index (χ3n) is 6.01. The molecule has 4 saturated carbocycles. The summed E-state index contributed by atoms with van der Waals surface area (Å²) in [6, 6.07) is 3.22. The van der Waals surface area contributed by atoms with E-state index in [0.29, 0.717) is 6.54 Å². The van der Waals surface area contributed by atoms with E-state index < -0.39 is 11.6 Å². The molecule has 3 nitrogen and oxygen atoms in total. The highest BCUT2D eigenvalue weighted by molar-refractivity contribution is 5.91. The quantitative estimate of drug-likeness (QED) is 0.879. The average Bonchev–Trinajstić information content (AvgIpc) is 2.47. The second kappa shape index (κ2) is 5.55. The number of anilines is 1. The van der Waals surface area contributed by atoms with Crippen LogP contribution in [0.4, 0.5) is 14.5 Å². The second-order valence-corrected chi connectivity index (χ2v) is 7.86. The van der Waals surface area contributed by atoms with Gasteiger partial charge in [0.2, 0.25) is 0 Å². The average molecular weight is 321 g/mol. The van der Waals surface area contributed by atoms with Crippen LogP contribution in [-0.4, -0.2) is 18.0 Å². The zero-order valence-electron chi connectivity index (χ0n) is 13.2. The van der Waals surface area contributed by atoms with E-state index in [4.69, 9.17) is 0 Å². The van der Waals surface area contributed by atoms with Gasteiger partial charge in [-0.2, -0.15) is 0 Å². The molecule has 0 atom stereocenters. The maximum atomic E-state index is 13.6. The summed E-state index contributed by atoms with van der Waals surface area (Å²) < 4.78 is 26.5. The third kappa shape index (κ3) is 2.99. The van der Waals surface area contributed by atoms with E-state index in [1.54, 1.807) is 0 Å². The summed E-state index contributed by atoms with van der Waals surface area (Å²) in [5, 5.41) is 4.75. The van der Waals surface area contributed by atoms with Crippen molar-refractivity contribution in [3.05, 3.63) is 29.8 Å². The van der Waals surface area contributed by atoms with E-state index in [9.17, 15) is 13.6 Å². The Bertz CT molecular complexity index is 596. The molecule has 5 rings (SSSR count). The van der Waals surface area contributed by atoms with E-state index in [-0.39, 0.29) is 17.1 Å². The van der Waals surface area contributed by atoms with E-state index in [1.807, 2.05) is 0 Å². The van der Waals surface area contributed by atoms with Crippen molar-refractivity contribution in [3.8, 4) is 0 Å². The molecule has 0 spiro atoms. The predicted octanol–water partition coefficient (Wildman–Crippen LogP) is 2.44. The zero-order chi connectivity index (χ0) is 16.0. The molecule has 0 aromatic heterocycles. The van der Waals surface area contributed by atoms with Crippen LogP contribution in [0.2, 0.25) is 0 Å². The van der Waals surface area contributed by atoms with Crippen LogP contribution in [0.25, 0.3) is 0 Å². The summed E-state index contributed by atoms with van der Waals surface area (Å²) in [4.78, 5) is 12.1. The summed E-state index contributed by atoms with van der Waals surface area (Å²) in [6.45, 7) is 0.309. The molecular formula is C18H23F2N2O+. The number of rotatable bonds is 4. The van der Waals surface area contributed by atoms with Crippen LogP contribution >= 0.6 is 0 Å². The first-order chi connectivity index (χ1) is 11.0. The number of nitrogens with two attached hydrogens (primary N) is 1. The molecule has 0 heterocycles. The predicted molar refractivity (Wildman–Crippen MR) is 82.7 cm³/mol. The molecule has 5 heteroatoms. The van der Waals surface area contributed by atoms with E-state index in [1.165, 1.54) is 44.6 Å². The number of nitrogens with one attached hydrogen (secondary N) is 1. The Kier molecular flexibility index (Phi) is 3.63. The number of hydrogen-bond acceptors (Lipinski definition) is 1. The summed E-state index contributed by atoms with van der Waals surface area (Å²) in [6.07, 6.45) is 7.78. The lowest BCUT2D eigenvalue weighted by Gasteiger charge is -2.54. The monoisotopic (exact) mass is 321 g/mol. The Morgan fingerprint density at radius 3 is 2.30 bits per heavy atom. The van der Waals surface area contributed by atoms with Gasteiger partial charge in [0.05, 0.1) is 11.2 Å². The van der Waals surface area contributed by atoms with E-state index >= 15 is 0 Å². The Morgan fingerprint density at radius 1 is 1.13 bits per heavy atom. The maximum Gasteiger partial charge on any atom is 0.279 e. The van der Waals surface area contributed by atoms with Crippen LogP contribution in [0.15, 0.2) is 18.2 Å². The van der Waals surface area contributed by atoms with Crippen molar-refractivity contribution >= 4 is 11.6 Å². The Hall–Kier alpha value is -1.49. The highest BCUT2D eigenvalue weighted by Gasteiger charge is 2.53. The first kappa shape index (κ1) is 15.1. The molecule has 23 heavy (non-hydrogen) atoms. The number of quaternary nitrogens is 1. The van der Waals surface area contributed by atoms with Gasteiger partial charge in [-0.15, -0.1) is 0 Å². The molecule has 1 amide bonds. The molecular weight excluding hydrogens is 298 g/mol. The fourth-order valence-corrected chi connectivity index (χ4v) is 5.53. The highest BCUT2D eigenvalue weighted by Crippen LogP contribution is 2.54. The fraction of sp³-hybridized carbons (Fsp3) is 0.611. The third-order valence-corrected chi connectivity index (χ3v) is 6.01. The molecule has 3 N–H and O–H groups in total. The smallest absolute Gasteiger partial charge is 0.279 e. The fourth-order valence-electron chi connectivity index (χ4n) is 5.53. The van der Waals surface area contributed by atoms with Gasteiger partial charge in [0, 0.05) is 25.3 Å². The summed E-state index contributed by atoms with van der Waals surface area (Å²) in [5.74, 6) is 0.945.